The molecular weight excluding hydrogens is 286 g/mol. The molecule has 0 heterocycles. The number of nitrogens with two attached hydrogens (primary N) is 2. The third-order valence-electron chi connectivity index (χ3n) is 3.16. The Hall–Kier alpha value is -2.20. The minimum absolute atomic E-state index is 0.100. The van der Waals surface area contributed by atoms with E-state index in [4.69, 9.17) is 23.1 Å². The maximum Gasteiger partial charge on any atom is 0.254 e. The molecule has 110 valence electrons. The van der Waals surface area contributed by atoms with E-state index in [-0.39, 0.29) is 5.91 Å². The van der Waals surface area contributed by atoms with Gasteiger partial charge in [-0.1, -0.05) is 23.7 Å². The molecule has 0 saturated heterocycles. The Morgan fingerprint density at radius 1 is 1.14 bits per heavy atom. The van der Waals surface area contributed by atoms with E-state index in [9.17, 15) is 4.79 Å². The van der Waals surface area contributed by atoms with E-state index in [1.165, 1.54) is 0 Å². The molecule has 0 aliphatic rings. The summed E-state index contributed by atoms with van der Waals surface area (Å²) in [6.45, 7) is 3.00. The van der Waals surface area contributed by atoms with Crippen molar-refractivity contribution in [3.63, 3.8) is 0 Å². The lowest BCUT2D eigenvalue weighted by atomic mass is 10.1. The van der Waals surface area contributed by atoms with E-state index in [1.54, 1.807) is 23.1 Å². The lowest BCUT2D eigenvalue weighted by Gasteiger charge is -2.21. The highest BCUT2D eigenvalue weighted by molar-refractivity contribution is 6.30. The van der Waals surface area contributed by atoms with Crippen molar-refractivity contribution >= 4 is 28.9 Å². The Morgan fingerprint density at radius 2 is 1.81 bits per heavy atom. The summed E-state index contributed by atoms with van der Waals surface area (Å²) < 4.78 is 0. The Balaban J connectivity index is 2.22. The Morgan fingerprint density at radius 3 is 2.38 bits per heavy atom. The smallest absolute Gasteiger partial charge is 0.254 e. The largest absolute Gasteiger partial charge is 0.399 e. The van der Waals surface area contributed by atoms with Crippen molar-refractivity contribution in [1.82, 2.24) is 4.90 Å². The van der Waals surface area contributed by atoms with Gasteiger partial charge in [-0.3, -0.25) is 4.79 Å². The van der Waals surface area contributed by atoms with Gasteiger partial charge in [-0.2, -0.15) is 0 Å². The molecular formula is C16H18ClN3O. The van der Waals surface area contributed by atoms with Gasteiger partial charge in [-0.15, -0.1) is 0 Å². The van der Waals surface area contributed by atoms with Crippen molar-refractivity contribution in [2.24, 2.45) is 0 Å². The van der Waals surface area contributed by atoms with Gasteiger partial charge in [0.1, 0.15) is 0 Å². The molecule has 5 heteroatoms. The van der Waals surface area contributed by atoms with Crippen LogP contribution in [0.1, 0.15) is 22.8 Å². The molecule has 0 unspecified atom stereocenters. The Labute approximate surface area is 129 Å². The average Bonchev–Trinajstić information content (AvgIpc) is 2.43. The number of carbonyl (C=O) groups excluding carboxylic acids is 1. The normalized spacial score (nSPS) is 10.4. The van der Waals surface area contributed by atoms with Crippen LogP contribution in [-0.2, 0) is 6.54 Å². The van der Waals surface area contributed by atoms with Gasteiger partial charge in [0.25, 0.3) is 5.91 Å². The quantitative estimate of drug-likeness (QED) is 0.852. The number of benzene rings is 2. The van der Waals surface area contributed by atoms with Crippen LogP contribution < -0.4 is 11.5 Å². The lowest BCUT2D eigenvalue weighted by molar-refractivity contribution is 0.0752. The van der Waals surface area contributed by atoms with Crippen LogP contribution in [0.3, 0.4) is 0 Å². The maximum absolute atomic E-state index is 12.6. The molecule has 1 amide bonds. The standard InChI is InChI=1S/C16H18ClN3O/c1-2-20(10-11-4-3-5-13(17)6-11)16(21)12-7-14(18)9-15(19)8-12/h3-9H,2,10,18-19H2,1H3. The van der Waals surface area contributed by atoms with Gasteiger partial charge in [0, 0.05) is 35.1 Å². The highest BCUT2D eigenvalue weighted by Gasteiger charge is 2.15. The highest BCUT2D eigenvalue weighted by atomic mass is 35.5. The summed E-state index contributed by atoms with van der Waals surface area (Å²) in [5, 5.41) is 0.657. The molecule has 2 rings (SSSR count). The van der Waals surface area contributed by atoms with Crippen molar-refractivity contribution in [3.8, 4) is 0 Å². The maximum atomic E-state index is 12.6. The number of hydrogen-bond donors (Lipinski definition) is 2. The molecule has 0 fully saturated rings. The van der Waals surface area contributed by atoms with Crippen molar-refractivity contribution < 1.29 is 4.79 Å². The van der Waals surface area contributed by atoms with E-state index >= 15 is 0 Å². The predicted octanol–water partition coefficient (Wildman–Crippen LogP) is 3.17. The molecule has 0 aromatic heterocycles. The number of hydrogen-bond acceptors (Lipinski definition) is 3. The molecule has 21 heavy (non-hydrogen) atoms. The van der Waals surface area contributed by atoms with Crippen molar-refractivity contribution in [2.75, 3.05) is 18.0 Å². The van der Waals surface area contributed by atoms with E-state index in [0.717, 1.165) is 5.56 Å². The first kappa shape index (κ1) is 15.2. The number of nitrogens with zero attached hydrogens (tertiary/aromatic N) is 1. The van der Waals surface area contributed by atoms with Gasteiger partial charge in [-0.25, -0.2) is 0 Å². The molecule has 0 aliphatic carbocycles. The second-order valence-electron chi connectivity index (χ2n) is 4.84. The molecule has 2 aromatic rings. The fourth-order valence-corrected chi connectivity index (χ4v) is 2.38. The number of anilines is 2. The first-order valence-electron chi connectivity index (χ1n) is 6.69. The summed E-state index contributed by atoms with van der Waals surface area (Å²) in [5.41, 5.74) is 13.9. The second-order valence-corrected chi connectivity index (χ2v) is 5.27. The topological polar surface area (TPSA) is 72.3 Å². The van der Waals surface area contributed by atoms with Gasteiger partial charge in [0.2, 0.25) is 0 Å². The predicted molar refractivity (Wildman–Crippen MR) is 87.1 cm³/mol. The fraction of sp³-hybridized carbons (Fsp3) is 0.188. The van der Waals surface area contributed by atoms with E-state index in [2.05, 4.69) is 0 Å². The zero-order valence-electron chi connectivity index (χ0n) is 11.8. The zero-order valence-corrected chi connectivity index (χ0v) is 12.6. The minimum Gasteiger partial charge on any atom is -0.399 e. The van der Waals surface area contributed by atoms with Gasteiger partial charge in [0.05, 0.1) is 0 Å². The SMILES string of the molecule is CCN(Cc1cccc(Cl)c1)C(=O)c1cc(N)cc(N)c1. The van der Waals surface area contributed by atoms with Crippen molar-refractivity contribution in [3.05, 3.63) is 58.6 Å². The van der Waals surface area contributed by atoms with Gasteiger partial charge < -0.3 is 16.4 Å². The van der Waals surface area contributed by atoms with Crippen LogP contribution in [-0.4, -0.2) is 17.4 Å². The molecule has 0 bridgehead atoms. The minimum atomic E-state index is -0.100. The Bertz CT molecular complexity index is 637. The third-order valence-corrected chi connectivity index (χ3v) is 3.39. The molecule has 0 spiro atoms. The first-order valence-corrected chi connectivity index (χ1v) is 7.07. The van der Waals surface area contributed by atoms with Crippen molar-refractivity contribution in [1.29, 1.82) is 0 Å². The summed E-state index contributed by atoms with van der Waals surface area (Å²) in [4.78, 5) is 14.3. The molecule has 4 N–H and O–H groups in total. The van der Waals surface area contributed by atoms with Crippen LogP contribution in [0, 0.1) is 0 Å². The summed E-state index contributed by atoms with van der Waals surface area (Å²) in [6.07, 6.45) is 0. The molecule has 4 nitrogen and oxygen atoms in total. The fourth-order valence-electron chi connectivity index (χ4n) is 2.17. The first-order chi connectivity index (χ1) is 9.99. The number of rotatable bonds is 4. The molecule has 0 saturated carbocycles. The van der Waals surface area contributed by atoms with E-state index in [0.29, 0.717) is 35.1 Å². The van der Waals surface area contributed by atoms with E-state index < -0.39 is 0 Å². The van der Waals surface area contributed by atoms with Crippen LogP contribution in [0.5, 0.6) is 0 Å². The van der Waals surface area contributed by atoms with Crippen LogP contribution >= 0.6 is 11.6 Å². The summed E-state index contributed by atoms with van der Waals surface area (Å²) in [5.74, 6) is -0.100. The van der Waals surface area contributed by atoms with Crippen molar-refractivity contribution in [2.45, 2.75) is 13.5 Å². The van der Waals surface area contributed by atoms with Crippen LogP contribution in [0.2, 0.25) is 5.02 Å². The third kappa shape index (κ3) is 3.89. The summed E-state index contributed by atoms with van der Waals surface area (Å²) in [7, 11) is 0. The molecule has 0 aliphatic heterocycles. The number of carbonyl (C=O) groups is 1. The van der Waals surface area contributed by atoms with Crippen LogP contribution in [0.15, 0.2) is 42.5 Å². The highest BCUT2D eigenvalue weighted by Crippen LogP contribution is 2.18. The summed E-state index contributed by atoms with van der Waals surface area (Å²) >= 11 is 5.97. The Kier molecular flexibility index (Phi) is 4.70. The monoisotopic (exact) mass is 303 g/mol. The van der Waals surface area contributed by atoms with Crippen LogP contribution in [0.25, 0.3) is 0 Å². The molecule has 0 atom stereocenters. The van der Waals surface area contributed by atoms with Gasteiger partial charge in [0.15, 0.2) is 0 Å². The number of amides is 1. The van der Waals surface area contributed by atoms with Gasteiger partial charge in [-0.05, 0) is 42.8 Å². The molecule has 2 aromatic carbocycles. The summed E-state index contributed by atoms with van der Waals surface area (Å²) in [6, 6.07) is 12.4. The van der Waals surface area contributed by atoms with Crippen LogP contribution in [0.4, 0.5) is 11.4 Å². The second kappa shape index (κ2) is 6.50. The van der Waals surface area contributed by atoms with E-state index in [1.807, 2.05) is 31.2 Å². The number of halogens is 1. The lowest BCUT2D eigenvalue weighted by Crippen LogP contribution is -2.30. The number of nitrogen functional groups attached to an aromatic ring is 2. The molecule has 0 radical (unpaired) electrons. The van der Waals surface area contributed by atoms with Gasteiger partial charge >= 0.3 is 0 Å². The zero-order chi connectivity index (χ0) is 15.4. The average molecular weight is 304 g/mol.